The van der Waals surface area contributed by atoms with Crippen molar-refractivity contribution in [3.63, 3.8) is 0 Å². The fourth-order valence-corrected chi connectivity index (χ4v) is 10.8. The van der Waals surface area contributed by atoms with Crippen LogP contribution in [0.4, 0.5) is 0 Å². The molecule has 0 radical (unpaired) electrons. The molecule has 4 aliphatic rings. The van der Waals surface area contributed by atoms with E-state index in [1.807, 2.05) is 6.92 Å². The van der Waals surface area contributed by atoms with E-state index in [9.17, 15) is 34.2 Å². The molecule has 47 heavy (non-hydrogen) atoms. The van der Waals surface area contributed by atoms with E-state index in [0.29, 0.717) is 5.56 Å². The van der Waals surface area contributed by atoms with Crippen molar-refractivity contribution in [2.45, 2.75) is 111 Å². The molecule has 1 aromatic heterocycles. The topological polar surface area (TPSA) is 176 Å². The minimum atomic E-state index is -1.59. The van der Waals surface area contributed by atoms with Crippen molar-refractivity contribution in [2.24, 2.45) is 45.3 Å². The largest absolute Gasteiger partial charge is 0.472 e. The van der Waals surface area contributed by atoms with Crippen LogP contribution in [0.1, 0.15) is 86.1 Å². The number of hydrogen-bond donors (Lipinski definition) is 2. The summed E-state index contributed by atoms with van der Waals surface area (Å²) in [6.45, 7) is 12.8. The Labute approximate surface area is 274 Å². The molecule has 0 saturated heterocycles. The molecule has 1 heterocycles. The number of methoxy groups -OCH3 is 1. The highest BCUT2D eigenvalue weighted by Gasteiger charge is 2.81. The van der Waals surface area contributed by atoms with Crippen LogP contribution in [0.25, 0.3) is 0 Å². The molecule has 12 nitrogen and oxygen atoms in total. The van der Waals surface area contributed by atoms with E-state index in [1.54, 1.807) is 40.7 Å². The van der Waals surface area contributed by atoms with Crippen LogP contribution in [0.2, 0.25) is 0 Å². The summed E-state index contributed by atoms with van der Waals surface area (Å²) >= 11 is 0. The zero-order chi connectivity index (χ0) is 35.0. The predicted octanol–water partition coefficient (Wildman–Crippen LogP) is 3.36. The van der Waals surface area contributed by atoms with Crippen molar-refractivity contribution < 1.29 is 57.6 Å². The Morgan fingerprint density at radius 2 is 1.55 bits per heavy atom. The zero-order valence-corrected chi connectivity index (χ0v) is 28.6. The van der Waals surface area contributed by atoms with Crippen LogP contribution in [0, 0.1) is 45.3 Å². The van der Waals surface area contributed by atoms with Gasteiger partial charge in [0.2, 0.25) is 0 Å². The third-order valence-corrected chi connectivity index (χ3v) is 12.7. The number of fused-ring (bicyclic) bond motifs is 5. The monoisotopic (exact) mass is 660 g/mol. The van der Waals surface area contributed by atoms with Crippen molar-refractivity contribution in [3.05, 3.63) is 24.2 Å². The second-order valence-electron chi connectivity index (χ2n) is 15.3. The van der Waals surface area contributed by atoms with E-state index in [4.69, 9.17) is 23.4 Å². The number of ketones is 1. The number of furan rings is 1. The minimum absolute atomic E-state index is 0.0460. The lowest BCUT2D eigenvalue weighted by Crippen LogP contribution is -2.78. The highest BCUT2D eigenvalue weighted by molar-refractivity contribution is 5.88. The van der Waals surface area contributed by atoms with Crippen molar-refractivity contribution in [1.82, 2.24) is 0 Å². The molecule has 5 rings (SSSR count). The molecule has 13 atom stereocenters. The molecule has 0 spiro atoms. The number of Topliss-reactive ketones (excluding diaryl/α,β-unsaturated/α-hetero) is 1. The van der Waals surface area contributed by atoms with Gasteiger partial charge in [-0.25, -0.2) is 0 Å². The number of ether oxygens (including phenoxy) is 4. The lowest BCUT2D eigenvalue weighted by molar-refractivity contribution is -0.320. The molecule has 0 bridgehead atoms. The molecule has 4 saturated carbocycles. The molecule has 0 amide bonds. The Kier molecular flexibility index (Phi) is 8.74. The van der Waals surface area contributed by atoms with Crippen LogP contribution in [0.15, 0.2) is 23.0 Å². The Hall–Kier alpha value is -3.25. The first-order valence-corrected chi connectivity index (χ1v) is 16.4. The molecule has 4 aliphatic carbocycles. The van der Waals surface area contributed by atoms with Gasteiger partial charge in [0.25, 0.3) is 0 Å². The molecule has 1 aromatic rings. The van der Waals surface area contributed by atoms with Crippen LogP contribution in [0.5, 0.6) is 0 Å². The van der Waals surface area contributed by atoms with Gasteiger partial charge in [-0.15, -0.1) is 0 Å². The minimum Gasteiger partial charge on any atom is -0.472 e. The average molecular weight is 661 g/mol. The highest BCUT2D eigenvalue weighted by Crippen LogP contribution is 2.75. The molecule has 4 fully saturated rings. The van der Waals surface area contributed by atoms with Crippen molar-refractivity contribution in [1.29, 1.82) is 0 Å². The lowest BCUT2D eigenvalue weighted by atomic mass is 9.34. The molecule has 260 valence electrons. The van der Waals surface area contributed by atoms with Gasteiger partial charge in [0.05, 0.1) is 43.2 Å². The molecule has 0 aromatic carbocycles. The summed E-state index contributed by atoms with van der Waals surface area (Å²) in [7, 11) is 1.21. The van der Waals surface area contributed by atoms with Crippen molar-refractivity contribution in [3.8, 4) is 0 Å². The fourth-order valence-electron chi connectivity index (χ4n) is 10.8. The van der Waals surface area contributed by atoms with E-state index in [-0.39, 0.29) is 25.0 Å². The number of carbonyl (C=O) groups is 5. The van der Waals surface area contributed by atoms with Crippen LogP contribution in [-0.2, 0) is 42.9 Å². The first-order chi connectivity index (χ1) is 21.8. The average Bonchev–Trinajstić information content (AvgIpc) is 3.60. The standard InChI is InChI=1S/C35H48O12/c1-16(2)30(41)47-29-26(46-18(4)37)28-34(7)22(33(6,31(42)43-9)24(40)14-25(34)45-17(3)36)13-23(39)35(28,8)27-21(38)12-20(32(27,29)5)19-10-11-44-15-19/h10-11,15-16,20,22-29,39-40H,12-14H2,1-9H3. The molecular weight excluding hydrogens is 612 g/mol. The van der Waals surface area contributed by atoms with Gasteiger partial charge in [-0.05, 0) is 30.9 Å². The fraction of sp³-hybridized carbons (Fsp3) is 0.743. The second-order valence-corrected chi connectivity index (χ2v) is 15.3. The van der Waals surface area contributed by atoms with Crippen LogP contribution in [0.3, 0.4) is 0 Å². The molecule has 2 N–H and O–H groups in total. The van der Waals surface area contributed by atoms with Gasteiger partial charge in [-0.1, -0.05) is 34.6 Å². The smallest absolute Gasteiger partial charge is 0.314 e. The predicted molar refractivity (Wildman–Crippen MR) is 163 cm³/mol. The molecule has 0 aliphatic heterocycles. The third kappa shape index (κ3) is 4.79. The molecule has 13 unspecified atom stereocenters. The third-order valence-electron chi connectivity index (χ3n) is 12.7. The summed E-state index contributed by atoms with van der Waals surface area (Å²) in [4.78, 5) is 67.3. The molecular formula is C35H48O12. The summed E-state index contributed by atoms with van der Waals surface area (Å²) in [5.74, 6) is -6.74. The number of esters is 4. The second kappa shape index (κ2) is 11.7. The van der Waals surface area contributed by atoms with Crippen molar-refractivity contribution in [2.75, 3.05) is 7.11 Å². The van der Waals surface area contributed by atoms with Gasteiger partial charge in [0.1, 0.15) is 24.1 Å². The lowest BCUT2D eigenvalue weighted by Gasteiger charge is -2.71. The van der Waals surface area contributed by atoms with E-state index in [0.717, 1.165) is 0 Å². The van der Waals surface area contributed by atoms with E-state index in [2.05, 4.69) is 0 Å². The van der Waals surface area contributed by atoms with Crippen LogP contribution in [-0.4, -0.2) is 77.5 Å². The Balaban J connectivity index is 1.85. The number of hydrogen-bond acceptors (Lipinski definition) is 12. The maximum Gasteiger partial charge on any atom is 0.314 e. The number of rotatable bonds is 6. The van der Waals surface area contributed by atoms with Gasteiger partial charge in [-0.3, -0.25) is 24.0 Å². The summed E-state index contributed by atoms with van der Waals surface area (Å²) in [5, 5.41) is 23.9. The Bertz CT molecular complexity index is 1440. The zero-order valence-electron chi connectivity index (χ0n) is 28.6. The van der Waals surface area contributed by atoms with Crippen LogP contribution >= 0.6 is 0 Å². The van der Waals surface area contributed by atoms with Gasteiger partial charge in [0, 0.05) is 60.7 Å². The summed E-state index contributed by atoms with van der Waals surface area (Å²) in [6.07, 6.45) is -3.26. The van der Waals surface area contributed by atoms with Gasteiger partial charge in [-0.2, -0.15) is 0 Å². The number of aliphatic hydroxyl groups excluding tert-OH is 2. The normalized spacial score (nSPS) is 44.1. The van der Waals surface area contributed by atoms with Crippen molar-refractivity contribution >= 4 is 29.7 Å². The van der Waals surface area contributed by atoms with Crippen LogP contribution < -0.4 is 0 Å². The maximum atomic E-state index is 14.5. The summed E-state index contributed by atoms with van der Waals surface area (Å²) < 4.78 is 29.1. The van der Waals surface area contributed by atoms with Gasteiger partial charge >= 0.3 is 23.9 Å². The maximum absolute atomic E-state index is 14.5. The van der Waals surface area contributed by atoms with E-state index < -0.39 is 106 Å². The first kappa shape index (κ1) is 35.1. The Morgan fingerprint density at radius 1 is 0.915 bits per heavy atom. The Morgan fingerprint density at radius 3 is 2.09 bits per heavy atom. The van der Waals surface area contributed by atoms with Gasteiger partial charge < -0.3 is 33.6 Å². The number of carbonyl (C=O) groups excluding carboxylic acids is 5. The molecule has 12 heteroatoms. The summed E-state index contributed by atoms with van der Waals surface area (Å²) in [6, 6.07) is 1.75. The quantitative estimate of drug-likeness (QED) is 0.337. The highest BCUT2D eigenvalue weighted by atomic mass is 16.6. The van der Waals surface area contributed by atoms with E-state index >= 15 is 0 Å². The number of aliphatic hydroxyl groups is 2. The first-order valence-electron chi connectivity index (χ1n) is 16.4. The van der Waals surface area contributed by atoms with Gasteiger partial charge in [0.15, 0.2) is 0 Å². The summed E-state index contributed by atoms with van der Waals surface area (Å²) in [5.41, 5.74) is -4.76. The SMILES string of the molecule is COC(=O)C1(C)C(O)CC(OC(C)=O)C2(C)C1CC(O)C1(C)C3C(=O)CC(c4ccoc4)C3(C)C(OC(=O)C(C)C)C(OC(C)=O)C21. The van der Waals surface area contributed by atoms with E-state index in [1.165, 1.54) is 33.5 Å².